The Balaban J connectivity index is 1.91. The molecular formula is C20H12BrNS. The smallest absolute Gasteiger partial charge is 0.116 e. The monoisotopic (exact) mass is 377 g/mol. The number of halogens is 1. The van der Waals surface area contributed by atoms with Gasteiger partial charge in [-0.15, -0.1) is 11.3 Å². The second-order valence-electron chi connectivity index (χ2n) is 5.62. The number of rotatable bonds is 1. The van der Waals surface area contributed by atoms with Gasteiger partial charge in [0.05, 0.1) is 20.2 Å². The molecule has 0 saturated carbocycles. The Bertz CT molecular complexity index is 1170. The number of thiazole rings is 1. The van der Waals surface area contributed by atoms with Crippen molar-refractivity contribution in [3.05, 3.63) is 77.3 Å². The largest absolute Gasteiger partial charge is 0.299 e. The lowest BCUT2D eigenvalue weighted by Crippen LogP contribution is -1.82. The molecule has 0 fully saturated rings. The van der Waals surface area contributed by atoms with Crippen molar-refractivity contribution in [2.24, 2.45) is 0 Å². The van der Waals surface area contributed by atoms with Crippen molar-refractivity contribution in [2.45, 2.75) is 0 Å². The first kappa shape index (κ1) is 13.3. The molecule has 1 nitrogen and oxygen atoms in total. The third kappa shape index (κ3) is 1.90. The predicted molar refractivity (Wildman–Crippen MR) is 103 cm³/mol. The number of hydrogen-bond donors (Lipinski definition) is 0. The molecule has 5 rings (SSSR count). The van der Waals surface area contributed by atoms with E-state index in [1.54, 1.807) is 0 Å². The molecule has 0 radical (unpaired) electrons. The molecule has 0 N–H and O–H groups in total. The molecule has 23 heavy (non-hydrogen) atoms. The lowest BCUT2D eigenvalue weighted by Gasteiger charge is -2.02. The normalized spacial score (nSPS) is 11.7. The number of fused-ring (bicyclic) bond motifs is 5. The number of benzene rings is 3. The van der Waals surface area contributed by atoms with Crippen molar-refractivity contribution in [1.82, 2.24) is 4.40 Å². The summed E-state index contributed by atoms with van der Waals surface area (Å²) in [6.45, 7) is 0. The predicted octanol–water partition coefficient (Wildman–Crippen LogP) is 6.74. The molecule has 0 aliphatic rings. The zero-order valence-electron chi connectivity index (χ0n) is 12.2. The van der Waals surface area contributed by atoms with E-state index in [0.717, 1.165) is 0 Å². The van der Waals surface area contributed by atoms with Gasteiger partial charge in [-0.25, -0.2) is 0 Å². The van der Waals surface area contributed by atoms with E-state index in [4.69, 9.17) is 0 Å². The molecule has 110 valence electrons. The fraction of sp³-hybridized carbons (Fsp3) is 0. The summed E-state index contributed by atoms with van der Waals surface area (Å²) in [5.74, 6) is 0. The average molecular weight is 378 g/mol. The molecule has 2 aromatic heterocycles. The van der Waals surface area contributed by atoms with E-state index in [-0.39, 0.29) is 0 Å². The van der Waals surface area contributed by atoms with Crippen LogP contribution in [0.2, 0.25) is 0 Å². The van der Waals surface area contributed by atoms with E-state index in [9.17, 15) is 0 Å². The van der Waals surface area contributed by atoms with Gasteiger partial charge >= 0.3 is 0 Å². The van der Waals surface area contributed by atoms with Crippen LogP contribution in [0.15, 0.2) is 77.3 Å². The van der Waals surface area contributed by atoms with Crippen molar-refractivity contribution < 1.29 is 0 Å². The molecule has 3 heteroatoms. The van der Waals surface area contributed by atoms with Crippen LogP contribution < -0.4 is 0 Å². The third-order valence-corrected chi connectivity index (χ3v) is 6.50. The van der Waals surface area contributed by atoms with Gasteiger partial charge in [0.2, 0.25) is 0 Å². The lowest BCUT2D eigenvalue weighted by molar-refractivity contribution is 1.37. The molecule has 0 saturated heterocycles. The third-order valence-electron chi connectivity index (χ3n) is 4.29. The van der Waals surface area contributed by atoms with E-state index in [0.29, 0.717) is 0 Å². The van der Waals surface area contributed by atoms with Crippen LogP contribution in [0, 0.1) is 0 Å². The van der Waals surface area contributed by atoms with Crippen molar-refractivity contribution in [2.75, 3.05) is 0 Å². The summed E-state index contributed by atoms with van der Waals surface area (Å²) in [4.78, 5) is 1.27. The van der Waals surface area contributed by atoms with Crippen molar-refractivity contribution in [3.63, 3.8) is 0 Å². The van der Waals surface area contributed by atoms with Gasteiger partial charge in [-0.05, 0) is 45.3 Å². The molecule has 0 spiro atoms. The Morgan fingerprint density at radius 2 is 1.52 bits per heavy atom. The van der Waals surface area contributed by atoms with Gasteiger partial charge in [-0.2, -0.15) is 0 Å². The highest BCUT2D eigenvalue weighted by Crippen LogP contribution is 2.40. The standard InChI is InChI=1S/C20H12BrNS/c21-19-15-8-4-5-9-16(15)22-17-12-14(13-6-2-1-3-7-13)10-11-18(17)23-20(19)22/h1-12H. The summed E-state index contributed by atoms with van der Waals surface area (Å²) in [5, 5.41) is 1.27. The van der Waals surface area contributed by atoms with Crippen LogP contribution in [0.5, 0.6) is 0 Å². The molecule has 0 aliphatic carbocycles. The van der Waals surface area contributed by atoms with E-state index < -0.39 is 0 Å². The number of para-hydroxylation sites is 1. The minimum Gasteiger partial charge on any atom is -0.299 e. The zero-order chi connectivity index (χ0) is 15.4. The number of aromatic nitrogens is 1. The molecule has 0 amide bonds. The number of hydrogen-bond acceptors (Lipinski definition) is 1. The van der Waals surface area contributed by atoms with Gasteiger partial charge in [0.15, 0.2) is 0 Å². The summed E-state index contributed by atoms with van der Waals surface area (Å²) >= 11 is 5.62. The first-order chi connectivity index (χ1) is 11.3. The van der Waals surface area contributed by atoms with E-state index in [1.807, 2.05) is 11.3 Å². The van der Waals surface area contributed by atoms with Crippen molar-refractivity contribution in [1.29, 1.82) is 0 Å². The van der Waals surface area contributed by atoms with Crippen LogP contribution in [0.1, 0.15) is 0 Å². The Morgan fingerprint density at radius 1 is 0.739 bits per heavy atom. The van der Waals surface area contributed by atoms with Gasteiger partial charge in [-0.3, -0.25) is 4.40 Å². The van der Waals surface area contributed by atoms with Crippen molar-refractivity contribution >= 4 is 53.2 Å². The van der Waals surface area contributed by atoms with Gasteiger partial charge in [-0.1, -0.05) is 54.6 Å². The minimum absolute atomic E-state index is 1.19. The van der Waals surface area contributed by atoms with E-state index >= 15 is 0 Å². The average Bonchev–Trinajstić information content (AvgIpc) is 3.12. The summed E-state index contributed by atoms with van der Waals surface area (Å²) in [7, 11) is 0. The Morgan fingerprint density at radius 3 is 2.39 bits per heavy atom. The van der Waals surface area contributed by atoms with E-state index in [1.165, 1.54) is 41.5 Å². The van der Waals surface area contributed by atoms with Crippen LogP contribution in [0.4, 0.5) is 0 Å². The van der Waals surface area contributed by atoms with Crippen LogP contribution >= 0.6 is 27.3 Å². The summed E-state index contributed by atoms with van der Waals surface area (Å²) in [6, 6.07) is 25.9. The van der Waals surface area contributed by atoms with E-state index in [2.05, 4.69) is 93.1 Å². The fourth-order valence-electron chi connectivity index (χ4n) is 3.20. The van der Waals surface area contributed by atoms with Gasteiger partial charge in [0, 0.05) is 5.39 Å². The number of nitrogens with zero attached hydrogens (tertiary/aromatic N) is 1. The van der Waals surface area contributed by atoms with Gasteiger partial charge < -0.3 is 0 Å². The molecular weight excluding hydrogens is 366 g/mol. The fourth-order valence-corrected chi connectivity index (χ4v) is 5.04. The van der Waals surface area contributed by atoms with Gasteiger partial charge in [0.1, 0.15) is 4.83 Å². The Labute approximate surface area is 145 Å². The molecule has 5 aromatic rings. The topological polar surface area (TPSA) is 4.41 Å². The molecule has 2 heterocycles. The highest BCUT2D eigenvalue weighted by molar-refractivity contribution is 9.11. The van der Waals surface area contributed by atoms with Crippen molar-refractivity contribution in [3.8, 4) is 11.1 Å². The maximum absolute atomic E-state index is 3.78. The SMILES string of the molecule is Brc1c2ccccc2n2c1sc1ccc(-c3ccccc3)cc12. The summed E-state index contributed by atoms with van der Waals surface area (Å²) in [5.41, 5.74) is 5.04. The summed E-state index contributed by atoms with van der Waals surface area (Å²) in [6.07, 6.45) is 0. The summed E-state index contributed by atoms with van der Waals surface area (Å²) < 4.78 is 4.87. The molecule has 0 atom stereocenters. The molecule has 3 aromatic carbocycles. The first-order valence-electron chi connectivity index (χ1n) is 7.49. The highest BCUT2D eigenvalue weighted by Gasteiger charge is 2.15. The lowest BCUT2D eigenvalue weighted by atomic mass is 10.1. The maximum Gasteiger partial charge on any atom is 0.116 e. The van der Waals surface area contributed by atoms with Crippen LogP contribution in [-0.4, -0.2) is 4.40 Å². The van der Waals surface area contributed by atoms with Crippen LogP contribution in [0.25, 0.3) is 37.1 Å². The van der Waals surface area contributed by atoms with Crippen LogP contribution in [-0.2, 0) is 0 Å². The molecule has 0 aliphatic heterocycles. The highest BCUT2D eigenvalue weighted by atomic mass is 79.9. The minimum atomic E-state index is 1.19. The van der Waals surface area contributed by atoms with Crippen LogP contribution in [0.3, 0.4) is 0 Å². The van der Waals surface area contributed by atoms with Gasteiger partial charge in [0.25, 0.3) is 0 Å². The quantitative estimate of drug-likeness (QED) is 0.304. The molecule has 0 unspecified atom stereocenters. The second-order valence-corrected chi connectivity index (χ2v) is 7.45. The zero-order valence-corrected chi connectivity index (χ0v) is 14.6. The maximum atomic E-state index is 3.78. The Hall–Kier alpha value is -2.10. The molecule has 0 bridgehead atoms. The Kier molecular flexibility index (Phi) is 2.87. The second kappa shape index (κ2) is 4.95. The first-order valence-corrected chi connectivity index (χ1v) is 9.10.